The van der Waals surface area contributed by atoms with E-state index in [1.807, 2.05) is 0 Å². The Balaban J connectivity index is 2.29. The summed E-state index contributed by atoms with van der Waals surface area (Å²) < 4.78 is 0. The minimum atomic E-state index is -0.140. The number of rotatable bonds is 1. The fourth-order valence-corrected chi connectivity index (χ4v) is 1.40. The number of hydrogen-bond acceptors (Lipinski definition) is 3. The third kappa shape index (κ3) is 2.87. The summed E-state index contributed by atoms with van der Waals surface area (Å²) in [6.45, 7) is 2.34. The highest BCUT2D eigenvalue weighted by Gasteiger charge is 2.13. The van der Waals surface area contributed by atoms with Crippen LogP contribution in [0.1, 0.15) is 19.3 Å². The molecule has 62 valence electrons. The van der Waals surface area contributed by atoms with Crippen LogP contribution in [0.4, 0.5) is 0 Å². The van der Waals surface area contributed by atoms with Crippen molar-refractivity contribution in [3.05, 3.63) is 0 Å². The zero-order chi connectivity index (χ0) is 8.10. The lowest BCUT2D eigenvalue weighted by atomic mass is 10.2. The molecule has 1 atom stereocenters. The van der Waals surface area contributed by atoms with Gasteiger partial charge in [0.25, 0.3) is 0 Å². The van der Waals surface area contributed by atoms with Crippen LogP contribution in [0.15, 0.2) is 0 Å². The molecule has 1 heterocycles. The molecule has 1 unspecified atom stereocenters. The van der Waals surface area contributed by atoms with E-state index in [9.17, 15) is 5.11 Å². The minimum Gasteiger partial charge on any atom is -0.393 e. The Morgan fingerprint density at radius 1 is 1.45 bits per heavy atom. The van der Waals surface area contributed by atoms with Gasteiger partial charge in [-0.2, -0.15) is 5.26 Å². The van der Waals surface area contributed by atoms with E-state index >= 15 is 0 Å². The van der Waals surface area contributed by atoms with Gasteiger partial charge in [0.2, 0.25) is 0 Å². The Bertz CT molecular complexity index is 153. The van der Waals surface area contributed by atoms with Crippen molar-refractivity contribution in [2.75, 3.05) is 19.6 Å². The molecule has 1 rings (SSSR count). The first-order valence-electron chi connectivity index (χ1n) is 4.10. The highest BCUT2D eigenvalue weighted by Crippen LogP contribution is 2.09. The van der Waals surface area contributed by atoms with Gasteiger partial charge in [-0.3, -0.25) is 4.90 Å². The second kappa shape index (κ2) is 4.32. The van der Waals surface area contributed by atoms with Crippen molar-refractivity contribution in [3.63, 3.8) is 0 Å². The van der Waals surface area contributed by atoms with Gasteiger partial charge in [0.05, 0.1) is 18.7 Å². The van der Waals surface area contributed by atoms with E-state index in [4.69, 9.17) is 5.26 Å². The van der Waals surface area contributed by atoms with Crippen LogP contribution < -0.4 is 0 Å². The van der Waals surface area contributed by atoms with E-state index in [1.54, 1.807) is 0 Å². The van der Waals surface area contributed by atoms with E-state index < -0.39 is 0 Å². The van der Waals surface area contributed by atoms with Crippen molar-refractivity contribution < 1.29 is 5.11 Å². The molecule has 0 aromatic carbocycles. The molecule has 0 bridgehead atoms. The fraction of sp³-hybridized carbons (Fsp3) is 0.875. The van der Waals surface area contributed by atoms with Gasteiger partial charge in [-0.25, -0.2) is 0 Å². The van der Waals surface area contributed by atoms with Gasteiger partial charge >= 0.3 is 0 Å². The molecule has 3 nitrogen and oxygen atoms in total. The number of nitriles is 1. The molecule has 3 heteroatoms. The van der Waals surface area contributed by atoms with Crippen molar-refractivity contribution in [2.24, 2.45) is 0 Å². The van der Waals surface area contributed by atoms with Crippen molar-refractivity contribution >= 4 is 0 Å². The van der Waals surface area contributed by atoms with Crippen molar-refractivity contribution in [1.29, 1.82) is 5.26 Å². The molecular formula is C8H14N2O. The summed E-state index contributed by atoms with van der Waals surface area (Å²) in [6.07, 6.45) is 2.59. The van der Waals surface area contributed by atoms with Gasteiger partial charge in [-0.05, 0) is 25.8 Å². The van der Waals surface area contributed by atoms with E-state index in [1.165, 1.54) is 0 Å². The van der Waals surface area contributed by atoms with Crippen LogP contribution in [-0.2, 0) is 0 Å². The van der Waals surface area contributed by atoms with Gasteiger partial charge in [0.15, 0.2) is 0 Å². The molecule has 1 aliphatic rings. The summed E-state index contributed by atoms with van der Waals surface area (Å²) >= 11 is 0. The molecule has 0 radical (unpaired) electrons. The van der Waals surface area contributed by atoms with Crippen molar-refractivity contribution in [1.82, 2.24) is 4.90 Å². The summed E-state index contributed by atoms with van der Waals surface area (Å²) in [5.41, 5.74) is 0. The van der Waals surface area contributed by atoms with Crippen LogP contribution in [-0.4, -0.2) is 35.7 Å². The zero-order valence-electron chi connectivity index (χ0n) is 6.66. The predicted molar refractivity (Wildman–Crippen MR) is 41.9 cm³/mol. The third-order valence-corrected chi connectivity index (χ3v) is 2.08. The van der Waals surface area contributed by atoms with Gasteiger partial charge in [0.1, 0.15) is 0 Å². The third-order valence-electron chi connectivity index (χ3n) is 2.08. The van der Waals surface area contributed by atoms with E-state index in [0.717, 1.165) is 32.4 Å². The lowest BCUT2D eigenvalue weighted by Gasteiger charge is -2.14. The lowest BCUT2D eigenvalue weighted by molar-refractivity contribution is 0.156. The maximum atomic E-state index is 9.27. The lowest BCUT2D eigenvalue weighted by Crippen LogP contribution is -2.25. The molecule has 1 aliphatic heterocycles. The molecule has 0 aromatic heterocycles. The maximum Gasteiger partial charge on any atom is 0.0866 e. The van der Waals surface area contributed by atoms with E-state index in [-0.39, 0.29) is 6.10 Å². The van der Waals surface area contributed by atoms with Gasteiger partial charge < -0.3 is 5.11 Å². The monoisotopic (exact) mass is 154 g/mol. The number of nitrogens with zero attached hydrogens (tertiary/aromatic N) is 2. The summed E-state index contributed by atoms with van der Waals surface area (Å²) in [5.74, 6) is 0. The normalized spacial score (nSPS) is 27.5. The second-order valence-electron chi connectivity index (χ2n) is 3.02. The SMILES string of the molecule is N#CCN1CCCC(O)CC1. The minimum absolute atomic E-state index is 0.140. The predicted octanol–water partition coefficient (Wildman–Crippen LogP) is 0.357. The Kier molecular flexibility index (Phi) is 3.34. The second-order valence-corrected chi connectivity index (χ2v) is 3.02. The average molecular weight is 154 g/mol. The molecule has 1 fully saturated rings. The van der Waals surface area contributed by atoms with Crippen LogP contribution >= 0.6 is 0 Å². The topological polar surface area (TPSA) is 47.3 Å². The van der Waals surface area contributed by atoms with Crippen LogP contribution in [0, 0.1) is 11.3 Å². The Hall–Kier alpha value is -0.590. The van der Waals surface area contributed by atoms with Gasteiger partial charge in [0, 0.05) is 6.54 Å². The van der Waals surface area contributed by atoms with Crippen molar-refractivity contribution in [2.45, 2.75) is 25.4 Å². The fourth-order valence-electron chi connectivity index (χ4n) is 1.40. The molecule has 11 heavy (non-hydrogen) atoms. The standard InChI is InChI=1S/C8H14N2O/c9-4-7-10-5-1-2-8(11)3-6-10/h8,11H,1-3,5-7H2. The van der Waals surface area contributed by atoms with Crippen LogP contribution in [0.25, 0.3) is 0 Å². The Morgan fingerprint density at radius 3 is 3.00 bits per heavy atom. The van der Waals surface area contributed by atoms with Gasteiger partial charge in [-0.15, -0.1) is 0 Å². The molecule has 0 saturated carbocycles. The Labute approximate surface area is 67.2 Å². The summed E-state index contributed by atoms with van der Waals surface area (Å²) in [7, 11) is 0. The average Bonchev–Trinajstić information content (AvgIpc) is 2.17. The first-order chi connectivity index (χ1) is 5.33. The molecule has 0 aliphatic carbocycles. The quantitative estimate of drug-likeness (QED) is 0.555. The van der Waals surface area contributed by atoms with Gasteiger partial charge in [-0.1, -0.05) is 0 Å². The highest BCUT2D eigenvalue weighted by atomic mass is 16.3. The molecule has 1 saturated heterocycles. The largest absolute Gasteiger partial charge is 0.393 e. The Morgan fingerprint density at radius 2 is 2.27 bits per heavy atom. The highest BCUT2D eigenvalue weighted by molar-refractivity contribution is 4.78. The molecule has 1 N–H and O–H groups in total. The first kappa shape index (κ1) is 8.51. The summed E-state index contributed by atoms with van der Waals surface area (Å²) in [5, 5.41) is 17.7. The summed E-state index contributed by atoms with van der Waals surface area (Å²) in [4.78, 5) is 2.09. The smallest absolute Gasteiger partial charge is 0.0866 e. The molecule has 0 aromatic rings. The van der Waals surface area contributed by atoms with E-state index in [0.29, 0.717) is 6.54 Å². The number of aliphatic hydroxyl groups excluding tert-OH is 1. The molecular weight excluding hydrogens is 140 g/mol. The number of aliphatic hydroxyl groups is 1. The summed E-state index contributed by atoms with van der Waals surface area (Å²) in [6, 6.07) is 2.12. The van der Waals surface area contributed by atoms with Crippen LogP contribution in [0.3, 0.4) is 0 Å². The van der Waals surface area contributed by atoms with Crippen LogP contribution in [0.5, 0.6) is 0 Å². The van der Waals surface area contributed by atoms with Crippen molar-refractivity contribution in [3.8, 4) is 6.07 Å². The molecule has 0 amide bonds. The van der Waals surface area contributed by atoms with Crippen LogP contribution in [0.2, 0.25) is 0 Å². The molecule has 0 spiro atoms. The first-order valence-corrected chi connectivity index (χ1v) is 4.10. The maximum absolute atomic E-state index is 9.27. The number of hydrogen-bond donors (Lipinski definition) is 1. The number of likely N-dealkylation sites (tertiary alicyclic amines) is 1. The zero-order valence-corrected chi connectivity index (χ0v) is 6.66. The van der Waals surface area contributed by atoms with E-state index in [2.05, 4.69) is 11.0 Å².